The van der Waals surface area contributed by atoms with Crippen LogP contribution in [0.3, 0.4) is 0 Å². The molecule has 1 unspecified atom stereocenters. The summed E-state index contributed by atoms with van der Waals surface area (Å²) in [6.07, 6.45) is 0. The van der Waals surface area contributed by atoms with Crippen LogP contribution in [-0.4, -0.2) is 18.9 Å². The predicted molar refractivity (Wildman–Crippen MR) is 92.5 cm³/mol. The van der Waals surface area contributed by atoms with Gasteiger partial charge in [0.15, 0.2) is 0 Å². The SMILES string of the molecule is CNC(=O)c1ccc(NC(=O)C(c2ccccc2)C(C)C)cc1. The molecule has 0 aliphatic rings. The average molecular weight is 310 g/mol. The van der Waals surface area contributed by atoms with Gasteiger partial charge in [-0.25, -0.2) is 0 Å². The van der Waals surface area contributed by atoms with Crippen molar-refractivity contribution in [1.29, 1.82) is 0 Å². The summed E-state index contributed by atoms with van der Waals surface area (Å²) in [5.74, 6) is -0.219. The molecule has 2 aromatic rings. The molecule has 0 aromatic heterocycles. The number of carbonyl (C=O) groups excluding carboxylic acids is 2. The molecule has 1 atom stereocenters. The highest BCUT2D eigenvalue weighted by atomic mass is 16.2. The maximum atomic E-state index is 12.6. The molecule has 0 radical (unpaired) electrons. The van der Waals surface area contributed by atoms with E-state index in [4.69, 9.17) is 0 Å². The molecule has 4 nitrogen and oxygen atoms in total. The maximum Gasteiger partial charge on any atom is 0.251 e. The van der Waals surface area contributed by atoms with E-state index < -0.39 is 0 Å². The zero-order chi connectivity index (χ0) is 16.8. The fourth-order valence-corrected chi connectivity index (χ4v) is 2.57. The molecule has 0 saturated carbocycles. The molecule has 2 aromatic carbocycles. The normalized spacial score (nSPS) is 11.8. The van der Waals surface area contributed by atoms with E-state index >= 15 is 0 Å². The van der Waals surface area contributed by atoms with Crippen molar-refractivity contribution in [2.75, 3.05) is 12.4 Å². The first-order valence-corrected chi connectivity index (χ1v) is 7.71. The van der Waals surface area contributed by atoms with Crippen LogP contribution < -0.4 is 10.6 Å². The largest absolute Gasteiger partial charge is 0.355 e. The molecular weight excluding hydrogens is 288 g/mol. The van der Waals surface area contributed by atoms with Crippen LogP contribution in [-0.2, 0) is 4.79 Å². The van der Waals surface area contributed by atoms with Crippen LogP contribution in [0.25, 0.3) is 0 Å². The molecular formula is C19H22N2O2. The van der Waals surface area contributed by atoms with E-state index in [1.54, 1.807) is 31.3 Å². The van der Waals surface area contributed by atoms with Crippen molar-refractivity contribution in [2.45, 2.75) is 19.8 Å². The van der Waals surface area contributed by atoms with Crippen molar-refractivity contribution < 1.29 is 9.59 Å². The van der Waals surface area contributed by atoms with E-state index in [0.717, 1.165) is 5.56 Å². The minimum Gasteiger partial charge on any atom is -0.355 e. The molecule has 0 saturated heterocycles. The zero-order valence-corrected chi connectivity index (χ0v) is 13.7. The first kappa shape index (κ1) is 16.7. The Balaban J connectivity index is 2.14. The van der Waals surface area contributed by atoms with Crippen molar-refractivity contribution in [2.24, 2.45) is 5.92 Å². The third kappa shape index (κ3) is 4.19. The minimum absolute atomic E-state index is 0.0427. The summed E-state index contributed by atoms with van der Waals surface area (Å²) < 4.78 is 0. The molecule has 0 fully saturated rings. The lowest BCUT2D eigenvalue weighted by Crippen LogP contribution is -2.25. The number of nitrogens with one attached hydrogen (secondary N) is 2. The van der Waals surface area contributed by atoms with Crippen LogP contribution in [0, 0.1) is 5.92 Å². The van der Waals surface area contributed by atoms with Gasteiger partial charge in [0.2, 0.25) is 5.91 Å². The molecule has 0 spiro atoms. The van der Waals surface area contributed by atoms with Gasteiger partial charge in [0.1, 0.15) is 0 Å². The zero-order valence-electron chi connectivity index (χ0n) is 13.7. The number of carbonyl (C=O) groups is 2. The van der Waals surface area contributed by atoms with Crippen LogP contribution >= 0.6 is 0 Å². The van der Waals surface area contributed by atoms with Gasteiger partial charge >= 0.3 is 0 Å². The van der Waals surface area contributed by atoms with E-state index in [1.807, 2.05) is 44.2 Å². The van der Waals surface area contributed by atoms with Gasteiger partial charge < -0.3 is 10.6 Å². The van der Waals surface area contributed by atoms with Gasteiger partial charge in [-0.05, 0) is 35.7 Å². The van der Waals surface area contributed by atoms with Crippen LogP contribution in [0.4, 0.5) is 5.69 Å². The summed E-state index contributed by atoms with van der Waals surface area (Å²) >= 11 is 0. The molecule has 2 N–H and O–H groups in total. The summed E-state index contributed by atoms with van der Waals surface area (Å²) in [6, 6.07) is 16.6. The van der Waals surface area contributed by atoms with Crippen LogP contribution in [0.15, 0.2) is 54.6 Å². The van der Waals surface area contributed by atoms with Crippen molar-refractivity contribution in [1.82, 2.24) is 5.32 Å². The van der Waals surface area contributed by atoms with E-state index in [9.17, 15) is 9.59 Å². The van der Waals surface area contributed by atoms with Crippen molar-refractivity contribution in [3.05, 3.63) is 65.7 Å². The molecule has 23 heavy (non-hydrogen) atoms. The lowest BCUT2D eigenvalue weighted by molar-refractivity contribution is -0.118. The Bertz CT molecular complexity index is 664. The van der Waals surface area contributed by atoms with Crippen molar-refractivity contribution in [3.8, 4) is 0 Å². The number of hydrogen-bond acceptors (Lipinski definition) is 2. The molecule has 2 rings (SSSR count). The van der Waals surface area contributed by atoms with Crippen LogP contribution in [0.1, 0.15) is 35.7 Å². The molecule has 4 heteroatoms. The first-order valence-electron chi connectivity index (χ1n) is 7.71. The van der Waals surface area contributed by atoms with E-state index in [2.05, 4.69) is 10.6 Å². The molecule has 0 aliphatic carbocycles. The van der Waals surface area contributed by atoms with Crippen molar-refractivity contribution in [3.63, 3.8) is 0 Å². The Hall–Kier alpha value is -2.62. The van der Waals surface area contributed by atoms with E-state index in [0.29, 0.717) is 11.3 Å². The molecule has 2 amide bonds. The quantitative estimate of drug-likeness (QED) is 0.889. The summed E-state index contributed by atoms with van der Waals surface area (Å²) in [5.41, 5.74) is 2.25. The lowest BCUT2D eigenvalue weighted by atomic mass is 9.87. The predicted octanol–water partition coefficient (Wildman–Crippen LogP) is 3.42. The Morgan fingerprint density at radius 1 is 0.913 bits per heavy atom. The number of rotatable bonds is 5. The Labute approximate surface area is 136 Å². The molecule has 0 heterocycles. The van der Waals surface area contributed by atoms with Gasteiger partial charge in [-0.2, -0.15) is 0 Å². The Morgan fingerprint density at radius 2 is 1.52 bits per heavy atom. The van der Waals surface area contributed by atoms with E-state index in [1.165, 1.54) is 0 Å². The average Bonchev–Trinajstić information content (AvgIpc) is 2.55. The summed E-state index contributed by atoms with van der Waals surface area (Å²) in [4.78, 5) is 24.2. The monoisotopic (exact) mass is 310 g/mol. The second kappa shape index (κ2) is 7.58. The van der Waals surface area contributed by atoms with E-state index in [-0.39, 0.29) is 23.7 Å². The Kier molecular flexibility index (Phi) is 5.52. The highest BCUT2D eigenvalue weighted by Gasteiger charge is 2.24. The highest BCUT2D eigenvalue weighted by molar-refractivity contribution is 5.97. The fourth-order valence-electron chi connectivity index (χ4n) is 2.57. The highest BCUT2D eigenvalue weighted by Crippen LogP contribution is 2.26. The van der Waals surface area contributed by atoms with Crippen LogP contribution in [0.5, 0.6) is 0 Å². The first-order chi connectivity index (χ1) is 11.0. The van der Waals surface area contributed by atoms with Gasteiger partial charge in [0, 0.05) is 18.3 Å². The topological polar surface area (TPSA) is 58.2 Å². The van der Waals surface area contributed by atoms with Gasteiger partial charge in [0.05, 0.1) is 5.92 Å². The number of hydrogen-bond donors (Lipinski definition) is 2. The Morgan fingerprint density at radius 3 is 2.04 bits per heavy atom. The van der Waals surface area contributed by atoms with Crippen molar-refractivity contribution >= 4 is 17.5 Å². The molecule has 0 aliphatic heterocycles. The molecule has 0 bridgehead atoms. The maximum absolute atomic E-state index is 12.6. The summed E-state index contributed by atoms with van der Waals surface area (Å²) in [7, 11) is 1.59. The third-order valence-electron chi connectivity index (χ3n) is 3.75. The second-order valence-electron chi connectivity index (χ2n) is 5.78. The lowest BCUT2D eigenvalue weighted by Gasteiger charge is -2.20. The number of benzene rings is 2. The summed E-state index contributed by atoms with van der Waals surface area (Å²) in [6.45, 7) is 4.07. The standard InChI is InChI=1S/C19H22N2O2/c1-13(2)17(14-7-5-4-6-8-14)19(23)21-16-11-9-15(10-12-16)18(22)20-3/h4-13,17H,1-3H3,(H,20,22)(H,21,23). The number of amides is 2. The third-order valence-corrected chi connectivity index (χ3v) is 3.75. The van der Waals surface area contributed by atoms with Gasteiger partial charge in [-0.15, -0.1) is 0 Å². The second-order valence-corrected chi connectivity index (χ2v) is 5.78. The van der Waals surface area contributed by atoms with Gasteiger partial charge in [0.25, 0.3) is 5.91 Å². The minimum atomic E-state index is -0.213. The number of anilines is 1. The fraction of sp³-hybridized carbons (Fsp3) is 0.263. The van der Waals surface area contributed by atoms with Gasteiger partial charge in [-0.1, -0.05) is 44.2 Å². The van der Waals surface area contributed by atoms with Crippen LogP contribution in [0.2, 0.25) is 0 Å². The van der Waals surface area contributed by atoms with Gasteiger partial charge in [-0.3, -0.25) is 9.59 Å². The smallest absolute Gasteiger partial charge is 0.251 e. The molecule has 120 valence electrons. The summed E-state index contributed by atoms with van der Waals surface area (Å²) in [5, 5.41) is 5.51.